The lowest BCUT2D eigenvalue weighted by molar-refractivity contribution is -0.131. The Labute approximate surface area is 241 Å². The summed E-state index contributed by atoms with van der Waals surface area (Å²) in [5, 5.41) is 16.7. The van der Waals surface area contributed by atoms with Crippen LogP contribution in [0.4, 0.5) is 0 Å². The second-order valence-corrected chi connectivity index (χ2v) is 10.4. The summed E-state index contributed by atoms with van der Waals surface area (Å²) in [7, 11) is 0. The lowest BCUT2D eigenvalue weighted by Gasteiger charge is -2.12. The molecular formula is C33H39N5O3. The number of aromatic hydroxyl groups is 1. The van der Waals surface area contributed by atoms with Gasteiger partial charge in [-0.15, -0.1) is 0 Å². The van der Waals surface area contributed by atoms with E-state index in [9.17, 15) is 14.7 Å². The molecule has 1 atom stereocenters. The molecule has 1 unspecified atom stereocenters. The van der Waals surface area contributed by atoms with Gasteiger partial charge in [-0.1, -0.05) is 50.1 Å². The summed E-state index contributed by atoms with van der Waals surface area (Å²) in [6.45, 7) is 2.20. The van der Waals surface area contributed by atoms with Crippen LogP contribution in [0, 0.1) is 0 Å². The topological polar surface area (TPSA) is 123 Å². The minimum absolute atomic E-state index is 0.150. The lowest BCUT2D eigenvalue weighted by Crippen LogP contribution is -2.44. The first-order valence-corrected chi connectivity index (χ1v) is 14.4. The molecule has 0 radical (unpaired) electrons. The Hall–Kier alpha value is -4.30. The number of pyridine rings is 1. The van der Waals surface area contributed by atoms with Crippen LogP contribution in [0.15, 0.2) is 79.0 Å². The van der Waals surface area contributed by atoms with Crippen LogP contribution in [-0.2, 0) is 28.9 Å². The molecule has 8 nitrogen and oxygen atoms in total. The highest BCUT2D eigenvalue weighted by Gasteiger charge is 2.17. The standard InChI is InChI=1S/C33H39N5O3/c1-2-3-9-24-13-17-26(18-14-24)38-27(23-31(37-38)30-11-7-8-21-35-30)10-5-4-6-12-32(40)36-33(41)29(34)22-25-15-19-28(39)20-16-25/h7-8,11,13-21,23,29,39H,2-6,9-10,12,22,34H2,1H3,(H,36,40,41). The number of hydrogen-bond acceptors (Lipinski definition) is 6. The number of rotatable bonds is 14. The number of phenols is 1. The number of carbonyl (C=O) groups excluding carboxylic acids is 2. The molecule has 2 aromatic carbocycles. The van der Waals surface area contributed by atoms with Gasteiger partial charge in [-0.3, -0.25) is 19.9 Å². The average molecular weight is 554 g/mol. The van der Waals surface area contributed by atoms with E-state index in [1.807, 2.05) is 22.9 Å². The van der Waals surface area contributed by atoms with Gasteiger partial charge in [0.15, 0.2) is 0 Å². The molecule has 8 heteroatoms. The summed E-state index contributed by atoms with van der Waals surface area (Å²) < 4.78 is 1.99. The van der Waals surface area contributed by atoms with E-state index in [4.69, 9.17) is 10.8 Å². The second-order valence-electron chi connectivity index (χ2n) is 10.4. The number of carbonyl (C=O) groups is 2. The highest BCUT2D eigenvalue weighted by molar-refractivity contribution is 5.97. The molecule has 4 N–H and O–H groups in total. The number of nitrogens with zero attached hydrogens (tertiary/aromatic N) is 3. The lowest BCUT2D eigenvalue weighted by atomic mass is 10.1. The first-order chi connectivity index (χ1) is 19.9. The molecule has 2 aromatic heterocycles. The Kier molecular flexibility index (Phi) is 10.8. The van der Waals surface area contributed by atoms with Crippen molar-refractivity contribution >= 4 is 11.8 Å². The third-order valence-electron chi connectivity index (χ3n) is 7.04. The summed E-state index contributed by atoms with van der Waals surface area (Å²) in [5.41, 5.74) is 11.9. The third-order valence-corrected chi connectivity index (χ3v) is 7.04. The van der Waals surface area contributed by atoms with Gasteiger partial charge in [0.25, 0.3) is 0 Å². The molecule has 0 bridgehead atoms. The van der Waals surface area contributed by atoms with Crippen LogP contribution in [0.2, 0.25) is 0 Å². The quantitative estimate of drug-likeness (QED) is 0.182. The molecule has 0 fully saturated rings. The molecule has 0 aliphatic carbocycles. The maximum atomic E-state index is 12.3. The van der Waals surface area contributed by atoms with Crippen LogP contribution < -0.4 is 11.1 Å². The zero-order chi connectivity index (χ0) is 29.0. The van der Waals surface area contributed by atoms with Gasteiger partial charge in [-0.25, -0.2) is 4.68 Å². The molecule has 214 valence electrons. The number of aromatic nitrogens is 3. The van der Waals surface area contributed by atoms with Crippen LogP contribution in [0.1, 0.15) is 62.3 Å². The van der Waals surface area contributed by atoms with Gasteiger partial charge in [0.05, 0.1) is 17.4 Å². The fourth-order valence-corrected chi connectivity index (χ4v) is 4.69. The van der Waals surface area contributed by atoms with Crippen LogP contribution in [0.3, 0.4) is 0 Å². The summed E-state index contributed by atoms with van der Waals surface area (Å²) in [6.07, 6.45) is 8.92. The van der Waals surface area contributed by atoms with E-state index in [1.54, 1.807) is 30.5 Å². The van der Waals surface area contributed by atoms with Crippen molar-refractivity contribution in [2.45, 2.75) is 70.8 Å². The van der Waals surface area contributed by atoms with Crippen molar-refractivity contribution in [3.8, 4) is 22.8 Å². The fraction of sp³-hybridized carbons (Fsp3) is 0.333. The SMILES string of the molecule is CCCCc1ccc(-n2nc(-c3ccccn3)cc2CCCCCC(=O)NC(=O)C(N)Cc2ccc(O)cc2)cc1. The molecule has 41 heavy (non-hydrogen) atoms. The van der Waals surface area contributed by atoms with Crippen molar-refractivity contribution in [3.63, 3.8) is 0 Å². The van der Waals surface area contributed by atoms with Crippen molar-refractivity contribution in [1.82, 2.24) is 20.1 Å². The highest BCUT2D eigenvalue weighted by atomic mass is 16.3. The summed E-state index contributed by atoms with van der Waals surface area (Å²) in [4.78, 5) is 29.2. The van der Waals surface area contributed by atoms with E-state index < -0.39 is 11.9 Å². The van der Waals surface area contributed by atoms with Gasteiger partial charge >= 0.3 is 0 Å². The van der Waals surface area contributed by atoms with Gasteiger partial charge in [0.2, 0.25) is 11.8 Å². The molecule has 4 aromatic rings. The number of aryl methyl sites for hydroxylation is 2. The molecular weight excluding hydrogens is 514 g/mol. The highest BCUT2D eigenvalue weighted by Crippen LogP contribution is 2.22. The fourth-order valence-electron chi connectivity index (χ4n) is 4.69. The second kappa shape index (κ2) is 14.9. The number of unbranched alkanes of at least 4 members (excludes halogenated alkanes) is 3. The monoisotopic (exact) mass is 553 g/mol. The smallest absolute Gasteiger partial charge is 0.243 e. The predicted octanol–water partition coefficient (Wildman–Crippen LogP) is 5.30. The summed E-state index contributed by atoms with van der Waals surface area (Å²) >= 11 is 0. The molecule has 0 aliphatic heterocycles. The first kappa shape index (κ1) is 29.7. The van der Waals surface area contributed by atoms with Gasteiger partial charge < -0.3 is 10.8 Å². The zero-order valence-electron chi connectivity index (χ0n) is 23.6. The maximum Gasteiger partial charge on any atom is 0.243 e. The largest absolute Gasteiger partial charge is 0.508 e. The van der Waals surface area contributed by atoms with Crippen LogP contribution in [0.5, 0.6) is 5.75 Å². The van der Waals surface area contributed by atoms with Crippen molar-refractivity contribution in [2.75, 3.05) is 0 Å². The Morgan fingerprint density at radius 2 is 1.66 bits per heavy atom. The van der Waals surface area contributed by atoms with Crippen LogP contribution in [-0.4, -0.2) is 37.7 Å². The molecule has 0 aliphatic rings. The zero-order valence-corrected chi connectivity index (χ0v) is 23.6. The molecule has 0 saturated carbocycles. The van der Waals surface area contributed by atoms with Crippen LogP contribution in [0.25, 0.3) is 17.1 Å². The molecule has 2 amide bonds. The number of nitrogens with one attached hydrogen (secondary N) is 1. The number of nitrogens with two attached hydrogens (primary N) is 1. The third kappa shape index (κ3) is 8.85. The van der Waals surface area contributed by atoms with E-state index in [2.05, 4.69) is 47.6 Å². The Balaban J connectivity index is 1.29. The maximum absolute atomic E-state index is 12.3. The van der Waals surface area contributed by atoms with E-state index >= 15 is 0 Å². The Morgan fingerprint density at radius 3 is 2.37 bits per heavy atom. The number of amides is 2. The van der Waals surface area contributed by atoms with E-state index in [0.717, 1.165) is 54.0 Å². The van der Waals surface area contributed by atoms with Crippen molar-refractivity contribution in [2.24, 2.45) is 5.73 Å². The van der Waals surface area contributed by atoms with Crippen molar-refractivity contribution in [1.29, 1.82) is 0 Å². The number of imide groups is 1. The summed E-state index contributed by atoms with van der Waals surface area (Å²) in [6, 6.07) is 22.2. The first-order valence-electron chi connectivity index (χ1n) is 14.4. The van der Waals surface area contributed by atoms with Crippen LogP contribution >= 0.6 is 0 Å². The van der Waals surface area contributed by atoms with Gasteiger partial charge in [0, 0.05) is 18.3 Å². The van der Waals surface area contributed by atoms with E-state index in [-0.39, 0.29) is 24.5 Å². The molecule has 4 rings (SSSR count). The Morgan fingerprint density at radius 1 is 0.902 bits per heavy atom. The minimum atomic E-state index is -0.835. The van der Waals surface area contributed by atoms with Gasteiger partial charge in [-0.05, 0) is 92.1 Å². The number of hydrogen-bond donors (Lipinski definition) is 3. The van der Waals surface area contributed by atoms with Gasteiger partial charge in [0.1, 0.15) is 11.4 Å². The van der Waals surface area contributed by atoms with Crippen molar-refractivity contribution < 1.29 is 14.7 Å². The van der Waals surface area contributed by atoms with E-state index in [1.165, 1.54) is 18.4 Å². The number of phenolic OH excluding ortho intramolecular Hbond substituents is 1. The van der Waals surface area contributed by atoms with Gasteiger partial charge in [-0.2, -0.15) is 5.10 Å². The average Bonchev–Trinajstić information content (AvgIpc) is 3.42. The molecule has 0 spiro atoms. The molecule has 0 saturated heterocycles. The summed E-state index contributed by atoms with van der Waals surface area (Å²) in [5.74, 6) is -0.659. The Bertz CT molecular complexity index is 1400. The predicted molar refractivity (Wildman–Crippen MR) is 161 cm³/mol. The van der Waals surface area contributed by atoms with Crippen molar-refractivity contribution in [3.05, 3.63) is 95.8 Å². The molecule has 2 heterocycles. The normalized spacial score (nSPS) is 11.8. The van der Waals surface area contributed by atoms with E-state index in [0.29, 0.717) is 6.42 Å². The number of benzene rings is 2. The minimum Gasteiger partial charge on any atom is -0.508 e.